The monoisotopic (exact) mass is 157 g/mol. The predicted octanol–water partition coefficient (Wildman–Crippen LogP) is 1.15. The molecule has 0 amide bonds. The van der Waals surface area contributed by atoms with E-state index in [0.29, 0.717) is 0 Å². The van der Waals surface area contributed by atoms with E-state index < -0.39 is 5.60 Å². The summed E-state index contributed by atoms with van der Waals surface area (Å²) in [6.45, 7) is 5.02. The van der Waals surface area contributed by atoms with E-state index in [0.717, 1.165) is 25.8 Å². The Bertz CT molecular complexity index is 144. The minimum absolute atomic E-state index is 0.0933. The molecule has 1 saturated carbocycles. The molecule has 2 nitrogen and oxygen atoms in total. The standard InChI is InChI=1S/C9H19NO/c1-8(2)5-4-6-9(8,11)7-10-3/h10-11H,4-7H2,1-3H3. The zero-order chi connectivity index (χ0) is 8.54. The lowest BCUT2D eigenvalue weighted by Gasteiger charge is -2.36. The highest BCUT2D eigenvalue weighted by molar-refractivity contribution is 4.99. The fourth-order valence-electron chi connectivity index (χ4n) is 2.01. The van der Waals surface area contributed by atoms with E-state index >= 15 is 0 Å². The van der Waals surface area contributed by atoms with Crippen molar-refractivity contribution in [2.24, 2.45) is 5.41 Å². The second-order valence-electron chi connectivity index (χ2n) is 4.30. The smallest absolute Gasteiger partial charge is 0.0821 e. The van der Waals surface area contributed by atoms with Crippen LogP contribution in [0.15, 0.2) is 0 Å². The van der Waals surface area contributed by atoms with Crippen LogP contribution in [-0.4, -0.2) is 24.3 Å². The molecule has 0 heterocycles. The zero-order valence-corrected chi connectivity index (χ0v) is 7.78. The summed E-state index contributed by atoms with van der Waals surface area (Å²) in [6, 6.07) is 0. The lowest BCUT2D eigenvalue weighted by molar-refractivity contribution is -0.0393. The van der Waals surface area contributed by atoms with Gasteiger partial charge in [0.25, 0.3) is 0 Å². The van der Waals surface area contributed by atoms with E-state index in [2.05, 4.69) is 19.2 Å². The van der Waals surface area contributed by atoms with Crippen LogP contribution in [0.3, 0.4) is 0 Å². The molecule has 0 radical (unpaired) electrons. The minimum atomic E-state index is -0.470. The molecule has 0 aromatic rings. The summed E-state index contributed by atoms with van der Waals surface area (Å²) >= 11 is 0. The van der Waals surface area contributed by atoms with Crippen LogP contribution in [0.4, 0.5) is 0 Å². The summed E-state index contributed by atoms with van der Waals surface area (Å²) in [5.41, 5.74) is -0.377. The third-order valence-electron chi connectivity index (χ3n) is 3.12. The van der Waals surface area contributed by atoms with E-state index in [9.17, 15) is 5.11 Å². The number of aliphatic hydroxyl groups is 1. The molecule has 0 aliphatic heterocycles. The first kappa shape index (κ1) is 9.01. The molecule has 2 heteroatoms. The van der Waals surface area contributed by atoms with Gasteiger partial charge in [-0.15, -0.1) is 0 Å². The van der Waals surface area contributed by atoms with Gasteiger partial charge in [0, 0.05) is 6.54 Å². The highest BCUT2D eigenvalue weighted by Crippen LogP contribution is 2.45. The lowest BCUT2D eigenvalue weighted by atomic mass is 9.78. The van der Waals surface area contributed by atoms with Crippen LogP contribution in [0.1, 0.15) is 33.1 Å². The normalized spacial score (nSPS) is 36.0. The number of nitrogens with one attached hydrogen (secondary N) is 1. The van der Waals surface area contributed by atoms with Crippen molar-refractivity contribution in [2.45, 2.75) is 38.7 Å². The van der Waals surface area contributed by atoms with Crippen LogP contribution in [0.5, 0.6) is 0 Å². The van der Waals surface area contributed by atoms with Crippen molar-refractivity contribution in [3.05, 3.63) is 0 Å². The average molecular weight is 157 g/mol. The topological polar surface area (TPSA) is 32.3 Å². The molecule has 1 fully saturated rings. The second kappa shape index (κ2) is 2.76. The van der Waals surface area contributed by atoms with Gasteiger partial charge in [-0.2, -0.15) is 0 Å². The molecule has 66 valence electrons. The van der Waals surface area contributed by atoms with Crippen molar-refractivity contribution in [3.8, 4) is 0 Å². The van der Waals surface area contributed by atoms with Gasteiger partial charge < -0.3 is 10.4 Å². The van der Waals surface area contributed by atoms with Crippen molar-refractivity contribution in [3.63, 3.8) is 0 Å². The molecule has 0 spiro atoms. The van der Waals surface area contributed by atoms with E-state index in [1.807, 2.05) is 7.05 Å². The third kappa shape index (κ3) is 1.42. The summed E-state index contributed by atoms with van der Waals surface area (Å²) in [4.78, 5) is 0. The summed E-state index contributed by atoms with van der Waals surface area (Å²) in [5, 5.41) is 13.2. The van der Waals surface area contributed by atoms with Gasteiger partial charge in [0.1, 0.15) is 0 Å². The van der Waals surface area contributed by atoms with E-state index in [4.69, 9.17) is 0 Å². The molecular formula is C9H19NO. The maximum absolute atomic E-state index is 10.2. The molecule has 0 saturated heterocycles. The Morgan fingerprint density at radius 2 is 2.00 bits per heavy atom. The van der Waals surface area contributed by atoms with Crippen LogP contribution in [-0.2, 0) is 0 Å². The molecule has 11 heavy (non-hydrogen) atoms. The van der Waals surface area contributed by atoms with Crippen molar-refractivity contribution in [2.75, 3.05) is 13.6 Å². The third-order valence-corrected chi connectivity index (χ3v) is 3.12. The summed E-state index contributed by atoms with van der Waals surface area (Å²) in [7, 11) is 1.90. The number of rotatable bonds is 2. The Labute approximate surface area is 69.0 Å². The minimum Gasteiger partial charge on any atom is -0.388 e. The van der Waals surface area contributed by atoms with Crippen molar-refractivity contribution in [1.82, 2.24) is 5.32 Å². The molecule has 0 bridgehead atoms. The Morgan fingerprint density at radius 3 is 2.36 bits per heavy atom. The number of hydrogen-bond donors (Lipinski definition) is 2. The first-order valence-corrected chi connectivity index (χ1v) is 4.39. The van der Waals surface area contributed by atoms with Crippen molar-refractivity contribution < 1.29 is 5.11 Å². The molecule has 2 N–H and O–H groups in total. The van der Waals surface area contributed by atoms with Crippen molar-refractivity contribution in [1.29, 1.82) is 0 Å². The first-order chi connectivity index (χ1) is 5.02. The fourth-order valence-corrected chi connectivity index (χ4v) is 2.01. The maximum atomic E-state index is 10.2. The SMILES string of the molecule is CNCC1(O)CCCC1(C)C. The molecule has 1 atom stereocenters. The Morgan fingerprint density at radius 1 is 1.36 bits per heavy atom. The van der Waals surface area contributed by atoms with Gasteiger partial charge in [-0.25, -0.2) is 0 Å². The Kier molecular flexibility index (Phi) is 2.26. The predicted molar refractivity (Wildman–Crippen MR) is 46.5 cm³/mol. The number of hydrogen-bond acceptors (Lipinski definition) is 2. The van der Waals surface area contributed by atoms with E-state index in [1.54, 1.807) is 0 Å². The largest absolute Gasteiger partial charge is 0.388 e. The van der Waals surface area contributed by atoms with Gasteiger partial charge in [0.15, 0.2) is 0 Å². The highest BCUT2D eigenvalue weighted by Gasteiger charge is 2.46. The summed E-state index contributed by atoms with van der Waals surface area (Å²) in [5.74, 6) is 0. The van der Waals surface area contributed by atoms with Gasteiger partial charge in [-0.1, -0.05) is 13.8 Å². The van der Waals surface area contributed by atoms with Crippen LogP contribution in [0.25, 0.3) is 0 Å². The van der Waals surface area contributed by atoms with Gasteiger partial charge >= 0.3 is 0 Å². The Balaban J connectivity index is 2.68. The zero-order valence-electron chi connectivity index (χ0n) is 7.78. The van der Waals surface area contributed by atoms with Crippen LogP contribution >= 0.6 is 0 Å². The summed E-state index contributed by atoms with van der Waals surface area (Å²) < 4.78 is 0. The number of likely N-dealkylation sites (N-methyl/N-ethyl adjacent to an activating group) is 1. The fraction of sp³-hybridized carbons (Fsp3) is 1.00. The van der Waals surface area contributed by atoms with Gasteiger partial charge in [-0.3, -0.25) is 0 Å². The molecule has 0 aromatic heterocycles. The molecule has 1 aliphatic rings. The van der Waals surface area contributed by atoms with Gasteiger partial charge in [0.2, 0.25) is 0 Å². The lowest BCUT2D eigenvalue weighted by Crippen LogP contribution is -2.47. The Hall–Kier alpha value is -0.0800. The van der Waals surface area contributed by atoms with Crippen LogP contribution < -0.4 is 5.32 Å². The molecular weight excluding hydrogens is 138 g/mol. The molecule has 1 unspecified atom stereocenters. The van der Waals surface area contributed by atoms with Gasteiger partial charge in [0.05, 0.1) is 5.60 Å². The first-order valence-electron chi connectivity index (χ1n) is 4.39. The van der Waals surface area contributed by atoms with Crippen LogP contribution in [0.2, 0.25) is 0 Å². The van der Waals surface area contributed by atoms with E-state index in [-0.39, 0.29) is 5.41 Å². The molecule has 1 rings (SSSR count). The quantitative estimate of drug-likeness (QED) is 0.630. The van der Waals surface area contributed by atoms with Crippen LogP contribution in [0, 0.1) is 5.41 Å². The molecule has 1 aliphatic carbocycles. The average Bonchev–Trinajstić information content (AvgIpc) is 2.09. The van der Waals surface area contributed by atoms with Gasteiger partial charge in [-0.05, 0) is 31.7 Å². The highest BCUT2D eigenvalue weighted by atomic mass is 16.3. The second-order valence-corrected chi connectivity index (χ2v) is 4.30. The molecule has 0 aromatic carbocycles. The summed E-state index contributed by atoms with van der Waals surface area (Å²) in [6.07, 6.45) is 3.25. The maximum Gasteiger partial charge on any atom is 0.0821 e. The van der Waals surface area contributed by atoms with E-state index in [1.165, 1.54) is 0 Å². The van der Waals surface area contributed by atoms with Crippen molar-refractivity contribution >= 4 is 0 Å².